The number of rotatable bonds is 3. The van der Waals surface area contributed by atoms with E-state index in [0.29, 0.717) is 23.6 Å². The lowest BCUT2D eigenvalue weighted by molar-refractivity contribution is -0.141. The van der Waals surface area contributed by atoms with Crippen LogP contribution in [0.3, 0.4) is 0 Å². The molecule has 2 aromatic rings. The Morgan fingerprint density at radius 2 is 1.96 bits per heavy atom. The normalized spacial score (nSPS) is 16.8. The molecule has 0 radical (unpaired) electrons. The van der Waals surface area contributed by atoms with Crippen molar-refractivity contribution in [2.24, 2.45) is 0 Å². The van der Waals surface area contributed by atoms with E-state index in [2.05, 4.69) is 9.84 Å². The van der Waals surface area contributed by atoms with E-state index >= 15 is 0 Å². The summed E-state index contributed by atoms with van der Waals surface area (Å²) in [6.45, 7) is 0. The Bertz CT molecular complexity index is 826. The Hall–Kier alpha value is -3.01. The fourth-order valence-corrected chi connectivity index (χ4v) is 2.51. The third kappa shape index (κ3) is 3.18. The molecule has 0 fully saturated rings. The lowest BCUT2D eigenvalue weighted by atomic mass is 9.97. The van der Waals surface area contributed by atoms with Crippen molar-refractivity contribution in [3.8, 4) is 17.7 Å². The first-order valence-corrected chi connectivity index (χ1v) is 7.16. The molecule has 0 N–H and O–H groups in total. The van der Waals surface area contributed by atoms with Gasteiger partial charge >= 0.3 is 6.18 Å². The molecule has 1 aromatic heterocycles. The predicted octanol–water partition coefficient (Wildman–Crippen LogP) is 4.35. The van der Waals surface area contributed by atoms with Crippen LogP contribution in [0.4, 0.5) is 13.2 Å². The molecule has 3 rings (SSSR count). The molecule has 0 saturated carbocycles. The fraction of sp³-hybridized carbons (Fsp3) is 0.176. The molecule has 0 bridgehead atoms. The number of hydrogen-bond donors (Lipinski definition) is 0. The minimum Gasteiger partial charge on any atom is -0.388 e. The molecule has 1 atom stereocenters. The number of aromatic nitrogens is 2. The highest BCUT2D eigenvalue weighted by Gasteiger charge is 2.36. The summed E-state index contributed by atoms with van der Waals surface area (Å²) < 4.78 is 45.2. The van der Waals surface area contributed by atoms with Gasteiger partial charge in [-0.05, 0) is 36.8 Å². The van der Waals surface area contributed by atoms with E-state index in [4.69, 9.17) is 5.26 Å². The number of ether oxygens (including phenoxy) is 1. The zero-order valence-corrected chi connectivity index (χ0v) is 12.4. The van der Waals surface area contributed by atoms with Crippen molar-refractivity contribution in [3.05, 3.63) is 66.0 Å². The maximum atomic E-state index is 13.1. The summed E-state index contributed by atoms with van der Waals surface area (Å²) in [7, 11) is 0. The van der Waals surface area contributed by atoms with E-state index in [9.17, 15) is 13.2 Å². The summed E-state index contributed by atoms with van der Waals surface area (Å²) in [5.41, 5.74) is -0.0107. The largest absolute Gasteiger partial charge is 0.435 e. The Labute approximate surface area is 136 Å². The van der Waals surface area contributed by atoms with E-state index in [-0.39, 0.29) is 5.92 Å². The Morgan fingerprint density at radius 1 is 1.21 bits per heavy atom. The van der Waals surface area contributed by atoms with Gasteiger partial charge in [-0.25, -0.2) is 4.68 Å². The summed E-state index contributed by atoms with van der Waals surface area (Å²) in [6.07, 6.45) is 5.05. The highest BCUT2D eigenvalue weighted by Crippen LogP contribution is 2.34. The second kappa shape index (κ2) is 6.24. The predicted molar refractivity (Wildman–Crippen MR) is 80.4 cm³/mol. The van der Waals surface area contributed by atoms with Crippen LogP contribution in [-0.4, -0.2) is 9.78 Å². The third-order valence-corrected chi connectivity index (χ3v) is 3.63. The quantitative estimate of drug-likeness (QED) is 0.786. The number of nitrogens with zero attached hydrogens (tertiary/aromatic N) is 3. The van der Waals surface area contributed by atoms with Crippen LogP contribution in [0.5, 0.6) is 5.75 Å². The third-order valence-electron chi connectivity index (χ3n) is 3.63. The van der Waals surface area contributed by atoms with Crippen LogP contribution in [0.2, 0.25) is 0 Å². The van der Waals surface area contributed by atoms with Crippen molar-refractivity contribution < 1.29 is 17.9 Å². The molecule has 0 amide bonds. The molecule has 7 heteroatoms. The maximum absolute atomic E-state index is 13.1. The molecule has 1 aliphatic carbocycles. The van der Waals surface area contributed by atoms with Gasteiger partial charge in [0.15, 0.2) is 5.69 Å². The Morgan fingerprint density at radius 3 is 2.54 bits per heavy atom. The van der Waals surface area contributed by atoms with Crippen LogP contribution in [0, 0.1) is 11.5 Å². The number of benzene rings is 1. The number of hydrogen-bond acceptors (Lipinski definition) is 3. The van der Waals surface area contributed by atoms with Crippen LogP contribution in [0.25, 0.3) is 5.69 Å². The smallest absolute Gasteiger partial charge is 0.388 e. The van der Waals surface area contributed by atoms with Crippen molar-refractivity contribution in [1.82, 2.24) is 9.78 Å². The van der Waals surface area contributed by atoms with Gasteiger partial charge in [0, 0.05) is 5.92 Å². The molecule has 4 nitrogen and oxygen atoms in total. The van der Waals surface area contributed by atoms with E-state index in [1.54, 1.807) is 18.4 Å². The van der Waals surface area contributed by atoms with Gasteiger partial charge in [-0.2, -0.15) is 18.3 Å². The monoisotopic (exact) mass is 331 g/mol. The number of halogens is 3. The molecule has 0 aliphatic heterocycles. The van der Waals surface area contributed by atoms with Crippen LogP contribution >= 0.6 is 0 Å². The second-order valence-electron chi connectivity index (χ2n) is 5.21. The Balaban J connectivity index is 2.04. The van der Waals surface area contributed by atoms with Crippen LogP contribution in [0.1, 0.15) is 23.7 Å². The van der Waals surface area contributed by atoms with E-state index in [0.717, 1.165) is 6.07 Å². The topological polar surface area (TPSA) is 50.8 Å². The molecular formula is C17H12F3N3O. The van der Waals surface area contributed by atoms with Crippen molar-refractivity contribution in [1.29, 1.82) is 5.26 Å². The molecule has 0 spiro atoms. The van der Waals surface area contributed by atoms with E-state index in [1.807, 2.05) is 24.3 Å². The minimum absolute atomic E-state index is 0.186. The van der Waals surface area contributed by atoms with Crippen LogP contribution < -0.4 is 4.74 Å². The summed E-state index contributed by atoms with van der Waals surface area (Å²) in [6, 6.07) is 7.22. The minimum atomic E-state index is -4.52. The van der Waals surface area contributed by atoms with E-state index < -0.39 is 11.9 Å². The number of nitriles is 1. The van der Waals surface area contributed by atoms with Gasteiger partial charge in [0.05, 0.1) is 11.4 Å². The molecule has 24 heavy (non-hydrogen) atoms. The van der Waals surface area contributed by atoms with Crippen LogP contribution in [-0.2, 0) is 6.18 Å². The molecule has 122 valence electrons. The number of alkyl halides is 3. The molecule has 0 saturated heterocycles. The van der Waals surface area contributed by atoms with Gasteiger partial charge < -0.3 is 4.74 Å². The molecule has 1 aromatic carbocycles. The van der Waals surface area contributed by atoms with Gasteiger partial charge in [-0.1, -0.05) is 24.3 Å². The second-order valence-corrected chi connectivity index (χ2v) is 5.21. The number of allylic oxidation sites excluding steroid dienone is 4. The lowest BCUT2D eigenvalue weighted by Gasteiger charge is -2.15. The van der Waals surface area contributed by atoms with Gasteiger partial charge in [0.2, 0.25) is 0 Å². The zero-order chi connectivity index (χ0) is 17.2. The van der Waals surface area contributed by atoms with Crippen molar-refractivity contribution in [2.75, 3.05) is 0 Å². The standard InChI is InChI=1S/C17H12F3N3O/c18-17(19,20)16-10-15(12-4-2-1-3-5-12)23(22-16)13-6-8-14(9-7-13)24-11-21/h1-4,6-10,12H,5H2. The molecule has 1 heterocycles. The highest BCUT2D eigenvalue weighted by atomic mass is 19.4. The van der Waals surface area contributed by atoms with Crippen molar-refractivity contribution in [3.63, 3.8) is 0 Å². The first kappa shape index (κ1) is 15.9. The average Bonchev–Trinajstić information content (AvgIpc) is 3.02. The molecule has 1 unspecified atom stereocenters. The van der Waals surface area contributed by atoms with Crippen molar-refractivity contribution in [2.45, 2.75) is 18.5 Å². The summed E-state index contributed by atoms with van der Waals surface area (Å²) >= 11 is 0. The molecular weight excluding hydrogens is 319 g/mol. The maximum Gasteiger partial charge on any atom is 0.435 e. The molecule has 1 aliphatic rings. The first-order valence-electron chi connectivity index (χ1n) is 7.16. The SMILES string of the molecule is N#COc1ccc(-n2nc(C(F)(F)F)cc2C2C=CC=CC2)cc1. The van der Waals surface area contributed by atoms with E-state index in [1.165, 1.54) is 16.8 Å². The van der Waals surface area contributed by atoms with Gasteiger partial charge in [0.1, 0.15) is 5.75 Å². The zero-order valence-electron chi connectivity index (χ0n) is 12.4. The first-order chi connectivity index (χ1) is 11.5. The summed E-state index contributed by atoms with van der Waals surface area (Å²) in [5.74, 6) is 0.125. The average molecular weight is 331 g/mol. The van der Waals surface area contributed by atoms with Crippen LogP contribution in [0.15, 0.2) is 54.6 Å². The van der Waals surface area contributed by atoms with Gasteiger partial charge in [0.25, 0.3) is 6.26 Å². The summed E-state index contributed by atoms with van der Waals surface area (Å²) in [4.78, 5) is 0. The van der Waals surface area contributed by atoms with Gasteiger partial charge in [-0.3, -0.25) is 0 Å². The summed E-state index contributed by atoms with van der Waals surface area (Å²) in [5, 5.41) is 12.2. The Kier molecular flexibility index (Phi) is 4.13. The fourth-order valence-electron chi connectivity index (χ4n) is 2.51. The highest BCUT2D eigenvalue weighted by molar-refractivity contribution is 5.41. The van der Waals surface area contributed by atoms with Gasteiger partial charge in [-0.15, -0.1) is 5.26 Å². The lowest BCUT2D eigenvalue weighted by Crippen LogP contribution is -2.08. The van der Waals surface area contributed by atoms with Crippen molar-refractivity contribution >= 4 is 0 Å².